The van der Waals surface area contributed by atoms with Crippen LogP contribution in [0.3, 0.4) is 0 Å². The number of amides is 1. The molecule has 0 saturated heterocycles. The second kappa shape index (κ2) is 9.68. The molecule has 3 aromatic carbocycles. The van der Waals surface area contributed by atoms with Crippen molar-refractivity contribution >= 4 is 29.1 Å². The summed E-state index contributed by atoms with van der Waals surface area (Å²) in [5.41, 5.74) is 2.28. The molecule has 4 nitrogen and oxygen atoms in total. The molecule has 0 fully saturated rings. The standard InChI is InChI=1S/C23H21Cl2NO3/c1-15(16-3-6-19(24)7-4-16)26-23(27)17-5-12-22(28-2)18(13-17)14-29-21-10-8-20(25)9-11-21/h3-13,15H,14H2,1-2H3,(H,26,27)/t15-/m0/s1. The van der Waals surface area contributed by atoms with Crippen LogP contribution in [0.2, 0.25) is 10.0 Å². The number of halogens is 2. The zero-order chi connectivity index (χ0) is 20.8. The van der Waals surface area contributed by atoms with Gasteiger partial charge in [-0.05, 0) is 67.1 Å². The molecule has 1 N–H and O–H groups in total. The molecule has 0 aliphatic rings. The molecule has 3 aromatic rings. The van der Waals surface area contributed by atoms with E-state index < -0.39 is 0 Å². The summed E-state index contributed by atoms with van der Waals surface area (Å²) in [6.07, 6.45) is 0. The SMILES string of the molecule is COc1ccc(C(=O)N[C@@H](C)c2ccc(Cl)cc2)cc1COc1ccc(Cl)cc1. The number of methoxy groups -OCH3 is 1. The summed E-state index contributed by atoms with van der Waals surface area (Å²) in [6, 6.07) is 19.6. The van der Waals surface area contributed by atoms with Crippen LogP contribution in [0.15, 0.2) is 66.7 Å². The van der Waals surface area contributed by atoms with Gasteiger partial charge in [-0.3, -0.25) is 4.79 Å². The van der Waals surface area contributed by atoms with Crippen LogP contribution in [0, 0.1) is 0 Å². The summed E-state index contributed by atoms with van der Waals surface area (Å²) in [5.74, 6) is 1.16. The largest absolute Gasteiger partial charge is 0.496 e. The minimum atomic E-state index is -0.178. The molecular weight excluding hydrogens is 409 g/mol. The first kappa shape index (κ1) is 21.0. The molecule has 1 amide bonds. The van der Waals surface area contributed by atoms with Crippen molar-refractivity contribution < 1.29 is 14.3 Å². The molecule has 1 atom stereocenters. The second-order valence-electron chi connectivity index (χ2n) is 6.52. The van der Waals surface area contributed by atoms with Crippen molar-refractivity contribution in [3.8, 4) is 11.5 Å². The summed E-state index contributed by atoms with van der Waals surface area (Å²) in [6.45, 7) is 2.19. The lowest BCUT2D eigenvalue weighted by molar-refractivity contribution is 0.0939. The Morgan fingerprint density at radius 1 is 0.966 bits per heavy atom. The molecule has 29 heavy (non-hydrogen) atoms. The number of carbonyl (C=O) groups excluding carboxylic acids is 1. The first-order valence-corrected chi connectivity index (χ1v) is 9.83. The molecule has 0 aliphatic heterocycles. The number of benzene rings is 3. The minimum Gasteiger partial charge on any atom is -0.496 e. The third kappa shape index (κ3) is 5.66. The predicted octanol–water partition coefficient (Wildman–Crippen LogP) is 6.07. The van der Waals surface area contributed by atoms with Crippen molar-refractivity contribution in [3.63, 3.8) is 0 Å². The Hall–Kier alpha value is -2.69. The number of hydrogen-bond acceptors (Lipinski definition) is 3. The van der Waals surface area contributed by atoms with Gasteiger partial charge >= 0.3 is 0 Å². The molecule has 0 spiro atoms. The van der Waals surface area contributed by atoms with Gasteiger partial charge in [-0.1, -0.05) is 35.3 Å². The average Bonchev–Trinajstić information content (AvgIpc) is 2.73. The van der Waals surface area contributed by atoms with Gasteiger partial charge in [-0.2, -0.15) is 0 Å². The van der Waals surface area contributed by atoms with Crippen LogP contribution in [0.1, 0.15) is 34.5 Å². The third-order valence-electron chi connectivity index (χ3n) is 4.47. The highest BCUT2D eigenvalue weighted by molar-refractivity contribution is 6.30. The molecular formula is C23H21Cl2NO3. The molecule has 6 heteroatoms. The maximum absolute atomic E-state index is 12.7. The number of carbonyl (C=O) groups is 1. The second-order valence-corrected chi connectivity index (χ2v) is 7.39. The smallest absolute Gasteiger partial charge is 0.251 e. The van der Waals surface area contributed by atoms with Crippen molar-refractivity contribution in [3.05, 3.63) is 93.5 Å². The van der Waals surface area contributed by atoms with Crippen molar-refractivity contribution in [2.24, 2.45) is 0 Å². The zero-order valence-corrected chi connectivity index (χ0v) is 17.6. The van der Waals surface area contributed by atoms with Crippen LogP contribution in [0.5, 0.6) is 11.5 Å². The number of hydrogen-bond donors (Lipinski definition) is 1. The van der Waals surface area contributed by atoms with E-state index in [9.17, 15) is 4.79 Å². The highest BCUT2D eigenvalue weighted by Gasteiger charge is 2.14. The van der Waals surface area contributed by atoms with Gasteiger partial charge in [-0.25, -0.2) is 0 Å². The van der Waals surface area contributed by atoms with E-state index >= 15 is 0 Å². The summed E-state index contributed by atoms with van der Waals surface area (Å²) in [4.78, 5) is 12.7. The van der Waals surface area contributed by atoms with E-state index in [4.69, 9.17) is 32.7 Å². The molecule has 150 valence electrons. The lowest BCUT2D eigenvalue weighted by Gasteiger charge is -2.16. The maximum Gasteiger partial charge on any atom is 0.251 e. The number of ether oxygens (including phenoxy) is 2. The van der Waals surface area contributed by atoms with Crippen molar-refractivity contribution in [1.29, 1.82) is 0 Å². The monoisotopic (exact) mass is 429 g/mol. The van der Waals surface area contributed by atoms with Crippen LogP contribution >= 0.6 is 23.2 Å². The van der Waals surface area contributed by atoms with E-state index in [0.29, 0.717) is 27.1 Å². The Labute approximate surface area is 180 Å². The zero-order valence-electron chi connectivity index (χ0n) is 16.1. The van der Waals surface area contributed by atoms with Crippen molar-refractivity contribution in [2.75, 3.05) is 7.11 Å². The van der Waals surface area contributed by atoms with Gasteiger partial charge in [0.05, 0.1) is 13.2 Å². The van der Waals surface area contributed by atoms with E-state index in [0.717, 1.165) is 11.1 Å². The van der Waals surface area contributed by atoms with Crippen LogP contribution in [0.25, 0.3) is 0 Å². The predicted molar refractivity (Wildman–Crippen MR) is 116 cm³/mol. The normalized spacial score (nSPS) is 11.6. The highest BCUT2D eigenvalue weighted by atomic mass is 35.5. The fraction of sp³-hybridized carbons (Fsp3) is 0.174. The van der Waals surface area contributed by atoms with E-state index in [2.05, 4.69) is 5.32 Å². The molecule has 3 rings (SSSR count). The van der Waals surface area contributed by atoms with Gasteiger partial charge in [0, 0.05) is 21.2 Å². The van der Waals surface area contributed by atoms with Crippen molar-refractivity contribution in [2.45, 2.75) is 19.6 Å². The third-order valence-corrected chi connectivity index (χ3v) is 4.97. The van der Waals surface area contributed by atoms with Gasteiger partial charge in [0.1, 0.15) is 18.1 Å². The number of nitrogens with one attached hydrogen (secondary N) is 1. The fourth-order valence-corrected chi connectivity index (χ4v) is 3.09. The minimum absolute atomic E-state index is 0.157. The lowest BCUT2D eigenvalue weighted by Crippen LogP contribution is -2.26. The Bertz CT molecular complexity index is 972. The van der Waals surface area contributed by atoms with Crippen LogP contribution in [0.4, 0.5) is 0 Å². The van der Waals surface area contributed by atoms with E-state index in [1.165, 1.54) is 0 Å². The maximum atomic E-state index is 12.7. The Morgan fingerprint density at radius 3 is 2.21 bits per heavy atom. The van der Waals surface area contributed by atoms with Gasteiger partial charge < -0.3 is 14.8 Å². The van der Waals surface area contributed by atoms with Gasteiger partial charge in [-0.15, -0.1) is 0 Å². The molecule has 0 saturated carbocycles. The Balaban J connectivity index is 1.71. The van der Waals surface area contributed by atoms with Crippen LogP contribution in [-0.4, -0.2) is 13.0 Å². The summed E-state index contributed by atoms with van der Waals surface area (Å²) < 4.78 is 11.2. The molecule has 0 aliphatic carbocycles. The van der Waals surface area contributed by atoms with Gasteiger partial charge in [0.2, 0.25) is 0 Å². The van der Waals surface area contributed by atoms with Gasteiger partial charge in [0.25, 0.3) is 5.91 Å². The topological polar surface area (TPSA) is 47.6 Å². The molecule has 0 bridgehead atoms. The first-order chi connectivity index (χ1) is 14.0. The highest BCUT2D eigenvalue weighted by Crippen LogP contribution is 2.24. The molecule has 0 aromatic heterocycles. The lowest BCUT2D eigenvalue weighted by atomic mass is 10.1. The Morgan fingerprint density at radius 2 is 1.59 bits per heavy atom. The average molecular weight is 430 g/mol. The van der Waals surface area contributed by atoms with Crippen LogP contribution in [-0.2, 0) is 6.61 Å². The van der Waals surface area contributed by atoms with E-state index in [1.54, 1.807) is 61.7 Å². The summed E-state index contributed by atoms with van der Waals surface area (Å²) >= 11 is 11.8. The summed E-state index contributed by atoms with van der Waals surface area (Å²) in [7, 11) is 1.59. The molecule has 0 radical (unpaired) electrons. The van der Waals surface area contributed by atoms with E-state index in [1.807, 2.05) is 19.1 Å². The number of rotatable bonds is 7. The Kier molecular flexibility index (Phi) is 7.02. The van der Waals surface area contributed by atoms with Crippen LogP contribution < -0.4 is 14.8 Å². The quantitative estimate of drug-likeness (QED) is 0.495. The van der Waals surface area contributed by atoms with Crippen molar-refractivity contribution in [1.82, 2.24) is 5.32 Å². The molecule has 0 unspecified atom stereocenters. The molecule has 0 heterocycles. The van der Waals surface area contributed by atoms with E-state index in [-0.39, 0.29) is 18.6 Å². The summed E-state index contributed by atoms with van der Waals surface area (Å²) in [5, 5.41) is 4.30. The first-order valence-electron chi connectivity index (χ1n) is 9.08. The fourth-order valence-electron chi connectivity index (χ4n) is 2.84. The van der Waals surface area contributed by atoms with Gasteiger partial charge in [0.15, 0.2) is 0 Å².